The third kappa shape index (κ3) is 2.89. The Balaban J connectivity index is 2.30. The first kappa shape index (κ1) is 11.7. The molecule has 0 aliphatic heterocycles. The molecule has 0 radical (unpaired) electrons. The van der Waals surface area contributed by atoms with E-state index in [4.69, 9.17) is 0 Å². The van der Waals surface area contributed by atoms with Gasteiger partial charge < -0.3 is 0 Å². The van der Waals surface area contributed by atoms with Gasteiger partial charge in [-0.1, -0.05) is 30.9 Å². The summed E-state index contributed by atoms with van der Waals surface area (Å²) in [7, 11) is 0. The van der Waals surface area contributed by atoms with E-state index in [0.29, 0.717) is 0 Å². The maximum Gasteiger partial charge on any atom is 0.165 e. The minimum absolute atomic E-state index is 1.21. The molecular formula is C14H12IS+. The predicted octanol–water partition coefficient (Wildman–Crippen LogP) is 4.17. The molecule has 0 N–H and O–H groups in total. The number of thiol groups is 1. The first-order valence-corrected chi connectivity index (χ1v) is 6.96. The topological polar surface area (TPSA) is 0 Å². The van der Waals surface area contributed by atoms with Crippen molar-refractivity contribution in [2.24, 2.45) is 0 Å². The normalized spacial score (nSPS) is 10.1. The molecule has 0 nitrogen and oxygen atoms in total. The maximum absolute atomic E-state index is 3.84. The Morgan fingerprint density at radius 3 is 2.62 bits per heavy atom. The molecule has 0 bridgehead atoms. The van der Waals surface area contributed by atoms with Crippen molar-refractivity contribution in [1.29, 1.82) is 0 Å². The second-order valence-corrected chi connectivity index (χ2v) is 5.82. The summed E-state index contributed by atoms with van der Waals surface area (Å²) in [6.45, 7) is 3.84. The average molecular weight is 339 g/mol. The summed E-state index contributed by atoms with van der Waals surface area (Å²) < 4.78 is 1.28. The molecule has 0 spiro atoms. The van der Waals surface area contributed by atoms with Crippen LogP contribution in [0.5, 0.6) is 0 Å². The molecule has 2 aromatic rings. The van der Waals surface area contributed by atoms with E-state index in [9.17, 15) is 0 Å². The van der Waals surface area contributed by atoms with E-state index in [-0.39, 0.29) is 0 Å². The SMILES string of the molecule is C=Cc1ccccc1[SH+]c1cccc(I)c1. The van der Waals surface area contributed by atoms with Crippen LogP contribution in [0.3, 0.4) is 0 Å². The highest BCUT2D eigenvalue weighted by Gasteiger charge is 2.10. The Hall–Kier alpha value is -0.740. The number of hydrogen-bond acceptors (Lipinski definition) is 0. The van der Waals surface area contributed by atoms with Crippen LogP contribution in [0.2, 0.25) is 0 Å². The van der Waals surface area contributed by atoms with Crippen LogP contribution in [0.1, 0.15) is 5.56 Å². The van der Waals surface area contributed by atoms with Gasteiger partial charge in [0.15, 0.2) is 9.79 Å². The van der Waals surface area contributed by atoms with E-state index in [1.54, 1.807) is 0 Å². The third-order valence-electron chi connectivity index (χ3n) is 2.21. The molecule has 0 heterocycles. The van der Waals surface area contributed by atoms with Gasteiger partial charge in [0.1, 0.15) is 0 Å². The van der Waals surface area contributed by atoms with Gasteiger partial charge in [-0.15, -0.1) is 0 Å². The van der Waals surface area contributed by atoms with Crippen LogP contribution in [-0.4, -0.2) is 0 Å². The van der Waals surface area contributed by atoms with E-state index in [2.05, 4.69) is 71.6 Å². The van der Waals surface area contributed by atoms with Crippen molar-refractivity contribution in [1.82, 2.24) is 0 Å². The van der Waals surface area contributed by atoms with E-state index in [1.807, 2.05) is 12.1 Å². The molecule has 0 aliphatic carbocycles. The highest BCUT2D eigenvalue weighted by molar-refractivity contribution is 14.1. The van der Waals surface area contributed by atoms with Gasteiger partial charge in [0, 0.05) is 27.0 Å². The van der Waals surface area contributed by atoms with Crippen LogP contribution in [0.25, 0.3) is 6.08 Å². The Bertz CT molecular complexity index is 506. The minimum Gasteiger partial charge on any atom is -0.0983 e. The van der Waals surface area contributed by atoms with Crippen molar-refractivity contribution >= 4 is 40.4 Å². The van der Waals surface area contributed by atoms with Crippen LogP contribution < -0.4 is 0 Å². The van der Waals surface area contributed by atoms with E-state index < -0.39 is 0 Å². The molecule has 0 atom stereocenters. The Kier molecular flexibility index (Phi) is 4.07. The first-order valence-electron chi connectivity index (χ1n) is 4.98. The predicted molar refractivity (Wildman–Crippen MR) is 81.0 cm³/mol. The Morgan fingerprint density at radius 1 is 1.06 bits per heavy atom. The molecule has 0 amide bonds. The van der Waals surface area contributed by atoms with Crippen LogP contribution in [0.15, 0.2) is 64.9 Å². The lowest BCUT2D eigenvalue weighted by Gasteiger charge is -1.97. The molecular weight excluding hydrogens is 327 g/mol. The van der Waals surface area contributed by atoms with Crippen molar-refractivity contribution in [2.45, 2.75) is 9.79 Å². The average Bonchev–Trinajstić information content (AvgIpc) is 2.30. The lowest BCUT2D eigenvalue weighted by atomic mass is 10.2. The monoisotopic (exact) mass is 339 g/mol. The molecule has 2 rings (SSSR count). The van der Waals surface area contributed by atoms with Crippen molar-refractivity contribution in [3.8, 4) is 0 Å². The van der Waals surface area contributed by atoms with Crippen LogP contribution in [0, 0.1) is 3.57 Å². The Labute approximate surface area is 114 Å². The van der Waals surface area contributed by atoms with Gasteiger partial charge in [0.25, 0.3) is 0 Å². The maximum atomic E-state index is 3.84. The van der Waals surface area contributed by atoms with Gasteiger partial charge in [-0.2, -0.15) is 0 Å². The molecule has 0 saturated carbocycles. The number of halogens is 1. The largest absolute Gasteiger partial charge is 0.165 e. The zero-order valence-electron chi connectivity index (χ0n) is 8.73. The van der Waals surface area contributed by atoms with E-state index in [0.717, 1.165) is 0 Å². The molecule has 80 valence electrons. The van der Waals surface area contributed by atoms with Crippen LogP contribution in [0.4, 0.5) is 0 Å². The Morgan fingerprint density at radius 2 is 1.88 bits per heavy atom. The molecule has 0 fully saturated rings. The smallest absolute Gasteiger partial charge is 0.0983 e. The van der Waals surface area contributed by atoms with Gasteiger partial charge in [-0.25, -0.2) is 0 Å². The van der Waals surface area contributed by atoms with Gasteiger partial charge >= 0.3 is 0 Å². The second kappa shape index (κ2) is 5.55. The fraction of sp³-hybridized carbons (Fsp3) is 0. The first-order chi connectivity index (χ1) is 7.79. The molecule has 0 aliphatic rings. The lowest BCUT2D eigenvalue weighted by Crippen LogP contribution is -1.88. The van der Waals surface area contributed by atoms with Crippen molar-refractivity contribution in [3.05, 3.63) is 64.2 Å². The summed E-state index contributed by atoms with van der Waals surface area (Å²) in [6.07, 6.45) is 1.91. The molecule has 0 aromatic heterocycles. The van der Waals surface area contributed by atoms with Crippen LogP contribution in [-0.2, 0) is 11.8 Å². The van der Waals surface area contributed by atoms with Gasteiger partial charge in [-0.05, 0) is 46.9 Å². The van der Waals surface area contributed by atoms with Gasteiger partial charge in [0.05, 0.1) is 0 Å². The second-order valence-electron chi connectivity index (χ2n) is 3.35. The summed E-state index contributed by atoms with van der Waals surface area (Å²) in [4.78, 5) is 2.63. The fourth-order valence-electron chi connectivity index (χ4n) is 1.45. The summed E-state index contributed by atoms with van der Waals surface area (Å²) in [6, 6.07) is 16.9. The fourth-order valence-corrected chi connectivity index (χ4v) is 3.33. The number of rotatable bonds is 3. The summed E-state index contributed by atoms with van der Waals surface area (Å²) >= 11 is 3.58. The molecule has 0 saturated heterocycles. The molecule has 2 heteroatoms. The van der Waals surface area contributed by atoms with Crippen molar-refractivity contribution in [3.63, 3.8) is 0 Å². The van der Waals surface area contributed by atoms with Gasteiger partial charge in [-0.3, -0.25) is 0 Å². The molecule has 16 heavy (non-hydrogen) atoms. The van der Waals surface area contributed by atoms with Crippen molar-refractivity contribution < 1.29 is 0 Å². The zero-order valence-corrected chi connectivity index (χ0v) is 11.8. The third-order valence-corrected chi connectivity index (χ3v) is 4.07. The summed E-state index contributed by atoms with van der Waals surface area (Å²) in [5.74, 6) is 0. The zero-order chi connectivity index (χ0) is 11.4. The van der Waals surface area contributed by atoms with Gasteiger partial charge in [0.2, 0.25) is 0 Å². The lowest BCUT2D eigenvalue weighted by molar-refractivity contribution is 1.37. The highest BCUT2D eigenvalue weighted by atomic mass is 127. The quantitative estimate of drug-likeness (QED) is 0.447. The molecule has 0 unspecified atom stereocenters. The summed E-state index contributed by atoms with van der Waals surface area (Å²) in [5, 5.41) is 0. The van der Waals surface area contributed by atoms with Crippen molar-refractivity contribution in [2.75, 3.05) is 0 Å². The van der Waals surface area contributed by atoms with Crippen LogP contribution >= 0.6 is 22.6 Å². The summed E-state index contributed by atoms with van der Waals surface area (Å²) in [5.41, 5.74) is 1.21. The van der Waals surface area contributed by atoms with E-state index >= 15 is 0 Å². The molecule has 2 aromatic carbocycles. The van der Waals surface area contributed by atoms with E-state index in [1.165, 1.54) is 30.7 Å². The number of benzene rings is 2. The number of hydrogen-bond donors (Lipinski definition) is 0. The highest BCUT2D eigenvalue weighted by Crippen LogP contribution is 2.19. The standard InChI is InChI=1S/C14H11IS/c1-2-11-6-3-4-9-14(11)16-13-8-5-7-12(15)10-13/h2-10H,1H2/p+1. The minimum atomic E-state index is 1.21.